The molecule has 1 aliphatic heterocycles. The van der Waals surface area contributed by atoms with Crippen LogP contribution in [0.5, 0.6) is 0 Å². The summed E-state index contributed by atoms with van der Waals surface area (Å²) in [6, 6.07) is 16.9. The maximum Gasteiger partial charge on any atom is 0.188 e. The average molecular weight is 406 g/mol. The van der Waals surface area contributed by atoms with Crippen molar-refractivity contribution in [2.24, 2.45) is 11.1 Å². The Bertz CT molecular complexity index is 1100. The number of hydrogen-bond acceptors (Lipinski definition) is 3. The van der Waals surface area contributed by atoms with E-state index in [1.165, 1.54) is 0 Å². The van der Waals surface area contributed by atoms with Gasteiger partial charge < -0.3 is 10.6 Å². The molecule has 2 aliphatic rings. The lowest BCUT2D eigenvalue weighted by Crippen LogP contribution is -2.53. The molecule has 5 nitrogen and oxygen atoms in total. The van der Waals surface area contributed by atoms with Crippen molar-refractivity contribution in [2.75, 3.05) is 13.1 Å². The lowest BCUT2D eigenvalue weighted by Gasteiger charge is -2.50. The fourth-order valence-corrected chi connectivity index (χ4v) is 4.40. The summed E-state index contributed by atoms with van der Waals surface area (Å²) in [6.07, 6.45) is 10.8. The summed E-state index contributed by atoms with van der Waals surface area (Å²) >= 11 is 0. The van der Waals surface area contributed by atoms with E-state index in [9.17, 15) is 4.79 Å². The maximum atomic E-state index is 13.2. The second-order valence-electron chi connectivity index (χ2n) is 7.90. The van der Waals surface area contributed by atoms with Crippen molar-refractivity contribution >= 4 is 23.9 Å². The van der Waals surface area contributed by atoms with Gasteiger partial charge in [0.25, 0.3) is 0 Å². The van der Waals surface area contributed by atoms with Crippen molar-refractivity contribution in [3.05, 3.63) is 81.9 Å². The van der Waals surface area contributed by atoms with Crippen molar-refractivity contribution in [2.45, 2.75) is 12.8 Å². The van der Waals surface area contributed by atoms with Crippen LogP contribution in [0, 0.1) is 34.5 Å². The maximum absolute atomic E-state index is 13.2. The Morgan fingerprint density at radius 2 is 1.48 bits per heavy atom. The quantitative estimate of drug-likeness (QED) is 0.345. The molecule has 2 fully saturated rings. The molecule has 5 heteroatoms. The predicted octanol–water partition coefficient (Wildman–Crippen LogP) is 3.56. The third kappa shape index (κ3) is 3.63. The minimum absolute atomic E-state index is 0.0432. The summed E-state index contributed by atoms with van der Waals surface area (Å²) in [5.41, 5.74) is 10.1. The Kier molecular flexibility index (Phi) is 5.19. The highest BCUT2D eigenvalue weighted by Gasteiger charge is 2.54. The molecule has 1 aliphatic carbocycles. The number of guanidine groups is 1. The third-order valence-electron chi connectivity index (χ3n) is 6.22. The lowest BCUT2D eigenvalue weighted by atomic mass is 9.54. The first-order valence-corrected chi connectivity index (χ1v) is 10.1. The highest BCUT2D eigenvalue weighted by atomic mass is 16.1. The van der Waals surface area contributed by atoms with Crippen LogP contribution >= 0.6 is 0 Å². The second kappa shape index (κ2) is 7.97. The van der Waals surface area contributed by atoms with Gasteiger partial charge >= 0.3 is 0 Å². The minimum atomic E-state index is -0.359. The molecule has 0 aromatic heterocycles. The van der Waals surface area contributed by atoms with Gasteiger partial charge in [0.2, 0.25) is 0 Å². The summed E-state index contributed by atoms with van der Waals surface area (Å²) in [5, 5.41) is 16.7. The fraction of sp³-hybridized carbons (Fsp3) is 0.192. The number of carbonyl (C=O) groups is 1. The van der Waals surface area contributed by atoms with E-state index < -0.39 is 0 Å². The van der Waals surface area contributed by atoms with Crippen LogP contribution in [-0.4, -0.2) is 29.7 Å². The standard InChI is InChI=1S/C26H22N4O/c1-2-18-3-5-19(6-4-18)15-22-24(31)23(16-20-7-9-21(17-27)10-8-20)26(22)11-13-30(14-12-26)25(28)29/h1,3-10,15-16H,11-14H2,(H3,28,29)/b22-15-,23-16-. The van der Waals surface area contributed by atoms with Gasteiger partial charge in [-0.3, -0.25) is 10.2 Å². The number of benzene rings is 2. The largest absolute Gasteiger partial charge is 0.370 e. The molecule has 2 aromatic rings. The average Bonchev–Trinajstić information content (AvgIpc) is 2.81. The smallest absolute Gasteiger partial charge is 0.188 e. The molecule has 3 N–H and O–H groups in total. The van der Waals surface area contributed by atoms with Crippen LogP contribution < -0.4 is 5.73 Å². The third-order valence-corrected chi connectivity index (χ3v) is 6.22. The van der Waals surface area contributed by atoms with E-state index in [0.717, 1.165) is 27.8 Å². The number of nitriles is 1. The molecule has 0 amide bonds. The number of carbonyl (C=O) groups excluding carboxylic acids is 1. The van der Waals surface area contributed by atoms with Gasteiger partial charge in [0.05, 0.1) is 11.6 Å². The predicted molar refractivity (Wildman–Crippen MR) is 122 cm³/mol. The van der Waals surface area contributed by atoms with Crippen molar-refractivity contribution in [3.63, 3.8) is 0 Å². The number of Topliss-reactive ketones (excluding diaryl/α,β-unsaturated/α-hetero) is 1. The van der Waals surface area contributed by atoms with Gasteiger partial charge in [-0.25, -0.2) is 0 Å². The molecule has 2 aromatic carbocycles. The molecule has 1 saturated carbocycles. The molecule has 0 unspecified atom stereocenters. The van der Waals surface area contributed by atoms with Gasteiger partial charge in [0, 0.05) is 35.2 Å². The number of nitrogens with two attached hydrogens (primary N) is 1. The summed E-state index contributed by atoms with van der Waals surface area (Å²) in [7, 11) is 0. The van der Waals surface area contributed by atoms with E-state index in [1.807, 2.05) is 53.5 Å². The highest BCUT2D eigenvalue weighted by Crippen LogP contribution is 2.56. The van der Waals surface area contributed by atoms with Crippen LogP contribution in [0.1, 0.15) is 35.1 Å². The van der Waals surface area contributed by atoms with Crippen LogP contribution in [-0.2, 0) is 4.79 Å². The molecular weight excluding hydrogens is 384 g/mol. The summed E-state index contributed by atoms with van der Waals surface area (Å²) in [6.45, 7) is 1.25. The normalized spacial score (nSPS) is 19.7. The zero-order valence-electron chi connectivity index (χ0n) is 17.1. The van der Waals surface area contributed by atoms with E-state index in [1.54, 1.807) is 12.1 Å². The highest BCUT2D eigenvalue weighted by molar-refractivity contribution is 6.23. The van der Waals surface area contributed by atoms with Gasteiger partial charge in [-0.2, -0.15) is 5.26 Å². The van der Waals surface area contributed by atoms with Gasteiger partial charge in [0.15, 0.2) is 11.7 Å². The SMILES string of the molecule is C#Cc1ccc(/C=C2/C(=O)/C(=C/c3ccc(C#N)cc3)C23CCN(C(=N)N)CC3)cc1. The van der Waals surface area contributed by atoms with E-state index in [-0.39, 0.29) is 17.2 Å². The number of likely N-dealkylation sites (tertiary alicyclic amines) is 1. The van der Waals surface area contributed by atoms with Crippen LogP contribution in [0.3, 0.4) is 0 Å². The molecule has 1 heterocycles. The van der Waals surface area contributed by atoms with E-state index in [0.29, 0.717) is 31.5 Å². The van der Waals surface area contributed by atoms with E-state index in [4.69, 9.17) is 22.8 Å². The lowest BCUT2D eigenvalue weighted by molar-refractivity contribution is -0.118. The molecule has 152 valence electrons. The molecule has 0 bridgehead atoms. The van der Waals surface area contributed by atoms with Gasteiger partial charge in [-0.05, 0) is 60.4 Å². The number of allylic oxidation sites excluding steroid dienone is 2. The molecular formula is C26H22N4O. The molecule has 1 saturated heterocycles. The van der Waals surface area contributed by atoms with Crippen molar-refractivity contribution in [3.8, 4) is 18.4 Å². The number of ketones is 1. The van der Waals surface area contributed by atoms with Crippen LogP contribution in [0.2, 0.25) is 0 Å². The number of nitrogens with zero attached hydrogens (tertiary/aromatic N) is 2. The molecule has 1 spiro atoms. The first-order valence-electron chi connectivity index (χ1n) is 10.1. The first kappa shape index (κ1) is 20.2. The Balaban J connectivity index is 1.71. The minimum Gasteiger partial charge on any atom is -0.370 e. The molecule has 0 radical (unpaired) electrons. The van der Waals surface area contributed by atoms with Gasteiger partial charge in [-0.15, -0.1) is 6.42 Å². The van der Waals surface area contributed by atoms with Crippen LogP contribution in [0.4, 0.5) is 0 Å². The molecule has 0 atom stereocenters. The zero-order valence-corrected chi connectivity index (χ0v) is 17.1. The van der Waals surface area contributed by atoms with E-state index >= 15 is 0 Å². The summed E-state index contributed by atoms with van der Waals surface area (Å²) < 4.78 is 0. The van der Waals surface area contributed by atoms with Gasteiger partial charge in [0.1, 0.15) is 0 Å². The van der Waals surface area contributed by atoms with Gasteiger partial charge in [-0.1, -0.05) is 30.2 Å². The number of piperidine rings is 1. The number of terminal acetylenes is 1. The zero-order chi connectivity index (χ0) is 22.0. The van der Waals surface area contributed by atoms with Crippen molar-refractivity contribution < 1.29 is 4.79 Å². The molecule has 4 rings (SSSR count). The number of rotatable bonds is 2. The summed E-state index contributed by atoms with van der Waals surface area (Å²) in [4.78, 5) is 15.0. The Morgan fingerprint density at radius 1 is 1.00 bits per heavy atom. The van der Waals surface area contributed by atoms with Crippen molar-refractivity contribution in [1.82, 2.24) is 4.90 Å². The fourth-order valence-electron chi connectivity index (χ4n) is 4.40. The first-order chi connectivity index (χ1) is 15.0. The van der Waals surface area contributed by atoms with Crippen molar-refractivity contribution in [1.29, 1.82) is 10.7 Å². The van der Waals surface area contributed by atoms with Crippen LogP contribution in [0.25, 0.3) is 12.2 Å². The molecule has 31 heavy (non-hydrogen) atoms. The number of hydrogen-bond donors (Lipinski definition) is 2. The Morgan fingerprint density at radius 3 is 1.90 bits per heavy atom. The summed E-state index contributed by atoms with van der Waals surface area (Å²) in [5.74, 6) is 2.71. The van der Waals surface area contributed by atoms with Crippen LogP contribution in [0.15, 0.2) is 59.7 Å². The number of nitrogens with one attached hydrogen (secondary N) is 1. The Labute approximate surface area is 182 Å². The monoisotopic (exact) mass is 406 g/mol. The Hall–Kier alpha value is -4.09. The second-order valence-corrected chi connectivity index (χ2v) is 7.90. The topological polar surface area (TPSA) is 94.0 Å². The van der Waals surface area contributed by atoms with E-state index in [2.05, 4.69) is 12.0 Å².